The van der Waals surface area contributed by atoms with Crippen molar-refractivity contribution >= 4 is 29.6 Å². The highest BCUT2D eigenvalue weighted by molar-refractivity contribution is 7.98. The molecule has 1 aromatic rings. The average molecular weight is 378 g/mol. The van der Waals surface area contributed by atoms with Gasteiger partial charge in [0.2, 0.25) is 5.91 Å². The van der Waals surface area contributed by atoms with Crippen LogP contribution in [0.2, 0.25) is 0 Å². The van der Waals surface area contributed by atoms with Crippen molar-refractivity contribution < 1.29 is 14.3 Å². The number of rotatable bonds is 3. The number of alkyl carbamates (subject to hydrolysis) is 1. The van der Waals surface area contributed by atoms with Crippen LogP contribution in [0.15, 0.2) is 11.4 Å². The lowest BCUT2D eigenvalue weighted by Gasteiger charge is -2.41. The zero-order valence-corrected chi connectivity index (χ0v) is 16.9. The zero-order valence-electron chi connectivity index (χ0n) is 16.1. The molecule has 1 N–H and O–H groups in total. The van der Waals surface area contributed by atoms with Gasteiger partial charge < -0.3 is 10.1 Å². The monoisotopic (exact) mass is 378 g/mol. The van der Waals surface area contributed by atoms with Crippen LogP contribution in [-0.2, 0) is 14.9 Å². The van der Waals surface area contributed by atoms with Crippen molar-refractivity contribution in [3.63, 3.8) is 0 Å². The topological polar surface area (TPSA) is 84.4 Å². The van der Waals surface area contributed by atoms with Gasteiger partial charge in [-0.05, 0) is 53.7 Å². The SMILES string of the molecule is CSc1ncc2c(n1)N(C1CC(NC(=O)OC(C)(C)C)C1)C(=O)C2(C)C. The molecule has 26 heavy (non-hydrogen) atoms. The van der Waals surface area contributed by atoms with Gasteiger partial charge in [-0.1, -0.05) is 11.8 Å². The number of carbonyl (C=O) groups excluding carboxylic acids is 2. The second-order valence-corrected chi connectivity index (χ2v) is 9.14. The zero-order chi connectivity index (χ0) is 19.3. The first kappa shape index (κ1) is 18.9. The Morgan fingerprint density at radius 2 is 2.04 bits per heavy atom. The van der Waals surface area contributed by atoms with E-state index < -0.39 is 17.1 Å². The predicted octanol–water partition coefficient (Wildman–Crippen LogP) is 2.88. The number of nitrogens with one attached hydrogen (secondary N) is 1. The summed E-state index contributed by atoms with van der Waals surface area (Å²) in [6.45, 7) is 9.32. The Kier molecular flexibility index (Phi) is 4.67. The summed E-state index contributed by atoms with van der Waals surface area (Å²) in [4.78, 5) is 35.6. The van der Waals surface area contributed by atoms with Crippen LogP contribution in [0.4, 0.5) is 10.6 Å². The largest absolute Gasteiger partial charge is 0.444 e. The van der Waals surface area contributed by atoms with Crippen LogP contribution in [0.25, 0.3) is 0 Å². The van der Waals surface area contributed by atoms with Gasteiger partial charge in [0.1, 0.15) is 11.4 Å². The second-order valence-electron chi connectivity index (χ2n) is 8.36. The van der Waals surface area contributed by atoms with Gasteiger partial charge in [0.05, 0.1) is 5.41 Å². The van der Waals surface area contributed by atoms with Gasteiger partial charge in [-0.15, -0.1) is 0 Å². The molecule has 3 rings (SSSR count). The molecule has 7 nitrogen and oxygen atoms in total. The van der Waals surface area contributed by atoms with E-state index in [0.717, 1.165) is 5.56 Å². The molecular formula is C18H26N4O3S. The molecule has 0 radical (unpaired) electrons. The van der Waals surface area contributed by atoms with Crippen LogP contribution >= 0.6 is 11.8 Å². The number of hydrogen-bond acceptors (Lipinski definition) is 6. The highest BCUT2D eigenvalue weighted by Crippen LogP contribution is 2.44. The van der Waals surface area contributed by atoms with E-state index in [-0.39, 0.29) is 18.0 Å². The van der Waals surface area contributed by atoms with Crippen molar-refractivity contribution in [1.82, 2.24) is 15.3 Å². The van der Waals surface area contributed by atoms with Gasteiger partial charge in [-0.3, -0.25) is 9.69 Å². The van der Waals surface area contributed by atoms with Gasteiger partial charge in [0, 0.05) is 23.8 Å². The standard InChI is InChI=1S/C18H26N4O3S/c1-17(2,3)25-16(24)20-10-7-11(8-10)22-13-12(18(4,5)14(22)23)9-19-15(21-13)26-6/h9-11H,7-8H2,1-6H3,(H,20,24). The summed E-state index contributed by atoms with van der Waals surface area (Å²) < 4.78 is 5.29. The lowest BCUT2D eigenvalue weighted by Crippen LogP contribution is -2.56. The van der Waals surface area contributed by atoms with E-state index in [0.29, 0.717) is 23.8 Å². The van der Waals surface area contributed by atoms with Crippen molar-refractivity contribution in [3.05, 3.63) is 11.8 Å². The van der Waals surface area contributed by atoms with Gasteiger partial charge in [0.15, 0.2) is 5.16 Å². The molecule has 1 aromatic heterocycles. The first-order chi connectivity index (χ1) is 12.0. The molecule has 8 heteroatoms. The molecule has 2 heterocycles. The molecule has 2 aliphatic rings. The molecule has 1 aliphatic carbocycles. The number of hydrogen-bond donors (Lipinski definition) is 1. The Morgan fingerprint density at radius 3 is 2.62 bits per heavy atom. The van der Waals surface area contributed by atoms with E-state index in [4.69, 9.17) is 4.74 Å². The van der Waals surface area contributed by atoms with Gasteiger partial charge in [0.25, 0.3) is 0 Å². The van der Waals surface area contributed by atoms with Gasteiger partial charge in [-0.25, -0.2) is 14.8 Å². The number of anilines is 1. The van der Waals surface area contributed by atoms with Gasteiger partial charge in [-0.2, -0.15) is 0 Å². The van der Waals surface area contributed by atoms with E-state index in [1.54, 1.807) is 11.1 Å². The third-order valence-corrected chi connectivity index (χ3v) is 5.35. The van der Waals surface area contributed by atoms with E-state index in [9.17, 15) is 9.59 Å². The number of fused-ring (bicyclic) bond motifs is 1. The molecule has 142 valence electrons. The minimum atomic E-state index is -0.629. The minimum absolute atomic E-state index is 0.0108. The van der Waals surface area contributed by atoms with Crippen LogP contribution in [0, 0.1) is 0 Å². The Balaban J connectivity index is 1.70. The number of carbonyl (C=O) groups is 2. The molecule has 0 aromatic carbocycles. The second kappa shape index (κ2) is 6.40. The quantitative estimate of drug-likeness (QED) is 0.643. The molecule has 0 unspecified atom stereocenters. The maximum Gasteiger partial charge on any atom is 0.407 e. The van der Waals surface area contributed by atoms with Crippen molar-refractivity contribution in [2.24, 2.45) is 0 Å². The lowest BCUT2D eigenvalue weighted by atomic mass is 9.84. The fraction of sp³-hybridized carbons (Fsp3) is 0.667. The molecule has 1 saturated carbocycles. The fourth-order valence-electron chi connectivity index (χ4n) is 3.32. The van der Waals surface area contributed by atoms with Crippen molar-refractivity contribution in [1.29, 1.82) is 0 Å². The van der Waals surface area contributed by atoms with Crippen molar-refractivity contribution in [2.75, 3.05) is 11.2 Å². The summed E-state index contributed by atoms with van der Waals surface area (Å²) >= 11 is 1.46. The van der Waals surface area contributed by atoms with Crippen LogP contribution in [0.1, 0.15) is 53.0 Å². The van der Waals surface area contributed by atoms with E-state index in [2.05, 4.69) is 15.3 Å². The molecule has 2 amide bonds. The Labute approximate surface area is 158 Å². The molecule has 0 saturated heterocycles. The Bertz CT molecular complexity index is 738. The van der Waals surface area contributed by atoms with Crippen LogP contribution < -0.4 is 10.2 Å². The molecule has 0 bridgehead atoms. The van der Waals surface area contributed by atoms with E-state index >= 15 is 0 Å². The number of ether oxygens (including phenoxy) is 1. The number of nitrogens with zero attached hydrogens (tertiary/aromatic N) is 3. The highest BCUT2D eigenvalue weighted by Gasteiger charge is 2.50. The predicted molar refractivity (Wildman–Crippen MR) is 101 cm³/mol. The lowest BCUT2D eigenvalue weighted by molar-refractivity contribution is -0.123. The number of aromatic nitrogens is 2. The maximum absolute atomic E-state index is 13.0. The van der Waals surface area contributed by atoms with E-state index in [1.807, 2.05) is 40.9 Å². The van der Waals surface area contributed by atoms with Crippen LogP contribution in [-0.4, -0.2) is 45.9 Å². The molecule has 1 fully saturated rings. The summed E-state index contributed by atoms with van der Waals surface area (Å²) in [5.74, 6) is 0.751. The summed E-state index contributed by atoms with van der Waals surface area (Å²) in [7, 11) is 0. The summed E-state index contributed by atoms with van der Waals surface area (Å²) in [5.41, 5.74) is -0.286. The first-order valence-corrected chi connectivity index (χ1v) is 10.00. The number of thioether (sulfide) groups is 1. The third kappa shape index (κ3) is 3.39. The summed E-state index contributed by atoms with van der Waals surface area (Å²) in [6, 6.07) is 0.0456. The van der Waals surface area contributed by atoms with Crippen LogP contribution in [0.3, 0.4) is 0 Å². The van der Waals surface area contributed by atoms with Crippen molar-refractivity contribution in [2.45, 2.75) is 75.7 Å². The highest BCUT2D eigenvalue weighted by atomic mass is 32.2. The minimum Gasteiger partial charge on any atom is -0.444 e. The summed E-state index contributed by atoms with van der Waals surface area (Å²) in [5, 5.41) is 3.53. The van der Waals surface area contributed by atoms with E-state index in [1.165, 1.54) is 11.8 Å². The smallest absolute Gasteiger partial charge is 0.407 e. The Morgan fingerprint density at radius 1 is 1.38 bits per heavy atom. The third-order valence-electron chi connectivity index (χ3n) is 4.78. The summed E-state index contributed by atoms with van der Waals surface area (Å²) in [6.07, 6.45) is 4.65. The Hall–Kier alpha value is -1.83. The first-order valence-electron chi connectivity index (χ1n) is 8.77. The van der Waals surface area contributed by atoms with Gasteiger partial charge >= 0.3 is 6.09 Å². The van der Waals surface area contributed by atoms with Crippen molar-refractivity contribution in [3.8, 4) is 0 Å². The molecule has 1 aliphatic heterocycles. The molecular weight excluding hydrogens is 352 g/mol. The molecule has 0 atom stereocenters. The fourth-order valence-corrected chi connectivity index (χ4v) is 3.66. The maximum atomic E-state index is 13.0. The average Bonchev–Trinajstić information content (AvgIpc) is 2.68. The normalized spacial score (nSPS) is 24.1. The van der Waals surface area contributed by atoms with Crippen LogP contribution in [0.5, 0.6) is 0 Å². The molecule has 0 spiro atoms. The number of amides is 2.